The minimum absolute atomic E-state index is 0.128. The van der Waals surface area contributed by atoms with Crippen LogP contribution in [0, 0.1) is 12.8 Å². The fourth-order valence-electron chi connectivity index (χ4n) is 3.47. The lowest BCUT2D eigenvalue weighted by atomic mass is 10.1. The molecule has 29 heavy (non-hydrogen) atoms. The molecule has 2 aromatic carbocycles. The van der Waals surface area contributed by atoms with E-state index in [4.69, 9.17) is 9.47 Å². The quantitative estimate of drug-likeness (QED) is 0.694. The molecule has 1 atom stereocenters. The number of carbonyl (C=O) groups is 2. The van der Waals surface area contributed by atoms with Crippen LogP contribution in [0.3, 0.4) is 0 Å². The molecule has 1 unspecified atom stereocenters. The first-order valence-corrected chi connectivity index (χ1v) is 10.0. The number of rotatable bonds is 5. The number of hydrogen-bond acceptors (Lipinski definition) is 6. The summed E-state index contributed by atoms with van der Waals surface area (Å²) < 4.78 is 11.7. The Kier molecular flexibility index (Phi) is 5.10. The fraction of sp³-hybridized carbons (Fsp3) is 0.286. The smallest absolute Gasteiger partial charge is 0.231 e. The first-order valence-electron chi connectivity index (χ1n) is 9.19. The third-order valence-corrected chi connectivity index (χ3v) is 5.96. The van der Waals surface area contributed by atoms with E-state index < -0.39 is 5.92 Å². The summed E-state index contributed by atoms with van der Waals surface area (Å²) in [6.07, 6.45) is 0.135. The van der Waals surface area contributed by atoms with Crippen molar-refractivity contribution in [1.82, 2.24) is 4.98 Å². The highest BCUT2D eigenvalue weighted by atomic mass is 32.1. The summed E-state index contributed by atoms with van der Waals surface area (Å²) in [6, 6.07) is 11.2. The van der Waals surface area contributed by atoms with Crippen LogP contribution in [0.1, 0.15) is 12.0 Å². The maximum Gasteiger partial charge on any atom is 0.231 e. The van der Waals surface area contributed by atoms with Crippen molar-refractivity contribution in [3.05, 3.63) is 42.0 Å². The Morgan fingerprint density at radius 3 is 2.79 bits per heavy atom. The number of nitrogens with zero attached hydrogens (tertiary/aromatic N) is 2. The number of ether oxygens (including phenoxy) is 2. The Morgan fingerprint density at radius 1 is 1.24 bits per heavy atom. The largest absolute Gasteiger partial charge is 0.497 e. The molecule has 0 saturated carbocycles. The molecule has 1 saturated heterocycles. The molecule has 0 spiro atoms. The van der Waals surface area contributed by atoms with Crippen LogP contribution in [0.25, 0.3) is 10.2 Å². The fourth-order valence-corrected chi connectivity index (χ4v) is 4.42. The number of carbonyl (C=O) groups excluding carboxylic acids is 2. The van der Waals surface area contributed by atoms with Crippen molar-refractivity contribution in [2.45, 2.75) is 13.3 Å². The van der Waals surface area contributed by atoms with Gasteiger partial charge >= 0.3 is 0 Å². The number of anilines is 2. The van der Waals surface area contributed by atoms with Gasteiger partial charge in [-0.15, -0.1) is 0 Å². The Balaban J connectivity index is 1.53. The van der Waals surface area contributed by atoms with E-state index in [0.717, 1.165) is 15.8 Å². The van der Waals surface area contributed by atoms with Crippen molar-refractivity contribution in [1.29, 1.82) is 0 Å². The van der Waals surface area contributed by atoms with Crippen LogP contribution in [0.5, 0.6) is 11.5 Å². The van der Waals surface area contributed by atoms with Gasteiger partial charge in [-0.05, 0) is 30.7 Å². The number of benzene rings is 2. The van der Waals surface area contributed by atoms with Gasteiger partial charge in [-0.25, -0.2) is 4.98 Å². The zero-order chi connectivity index (χ0) is 20.5. The third kappa shape index (κ3) is 3.63. The highest BCUT2D eigenvalue weighted by Crippen LogP contribution is 2.36. The predicted molar refractivity (Wildman–Crippen MR) is 113 cm³/mol. The lowest BCUT2D eigenvalue weighted by Crippen LogP contribution is -2.28. The highest BCUT2D eigenvalue weighted by molar-refractivity contribution is 7.22. The summed E-state index contributed by atoms with van der Waals surface area (Å²) in [5, 5.41) is 3.42. The molecule has 1 fully saturated rings. The molecule has 1 aliphatic rings. The molecule has 1 aliphatic heterocycles. The minimum atomic E-state index is -0.466. The standard InChI is InChI=1S/C21H21N3O4S/c1-12-5-4-6-17-19(12)22-21(29-17)23-20(26)13-9-18(25)24(11-13)15-10-14(27-2)7-8-16(15)28-3/h4-8,10,13H,9,11H2,1-3H3,(H,22,23,26). The maximum absolute atomic E-state index is 12.8. The average molecular weight is 411 g/mol. The van der Waals surface area contributed by atoms with Crippen molar-refractivity contribution in [3.63, 3.8) is 0 Å². The second kappa shape index (κ2) is 7.71. The van der Waals surface area contributed by atoms with Crippen LogP contribution < -0.4 is 19.7 Å². The molecule has 4 rings (SSSR count). The molecule has 3 aromatic rings. The number of hydrogen-bond donors (Lipinski definition) is 1. The van der Waals surface area contributed by atoms with Gasteiger partial charge in [0.1, 0.15) is 11.5 Å². The monoisotopic (exact) mass is 411 g/mol. The van der Waals surface area contributed by atoms with E-state index in [0.29, 0.717) is 22.3 Å². The minimum Gasteiger partial charge on any atom is -0.497 e. The first kappa shape index (κ1) is 19.2. The number of methoxy groups -OCH3 is 2. The summed E-state index contributed by atoms with van der Waals surface area (Å²) in [4.78, 5) is 31.5. The highest BCUT2D eigenvalue weighted by Gasteiger charge is 2.36. The lowest BCUT2D eigenvalue weighted by molar-refractivity contribution is -0.122. The van der Waals surface area contributed by atoms with E-state index in [9.17, 15) is 9.59 Å². The van der Waals surface area contributed by atoms with Gasteiger partial charge in [0.25, 0.3) is 0 Å². The van der Waals surface area contributed by atoms with E-state index >= 15 is 0 Å². The molecule has 2 heterocycles. The Bertz CT molecular complexity index is 1090. The summed E-state index contributed by atoms with van der Waals surface area (Å²) in [7, 11) is 3.11. The molecule has 0 radical (unpaired) electrons. The number of amides is 2. The summed E-state index contributed by atoms with van der Waals surface area (Å²) in [5.41, 5.74) is 2.55. The maximum atomic E-state index is 12.8. The van der Waals surface area contributed by atoms with E-state index in [1.54, 1.807) is 37.3 Å². The SMILES string of the molecule is COc1ccc(OC)c(N2CC(C(=O)Nc3nc4c(C)cccc4s3)CC2=O)c1. The van der Waals surface area contributed by atoms with Crippen molar-refractivity contribution in [2.75, 3.05) is 31.0 Å². The van der Waals surface area contributed by atoms with Crippen LogP contribution in [0.2, 0.25) is 0 Å². The van der Waals surface area contributed by atoms with Crippen LogP contribution in [-0.4, -0.2) is 37.6 Å². The van der Waals surface area contributed by atoms with E-state index in [1.165, 1.54) is 11.3 Å². The van der Waals surface area contributed by atoms with E-state index in [2.05, 4.69) is 10.3 Å². The molecule has 150 valence electrons. The molecule has 1 N–H and O–H groups in total. The number of thiazole rings is 1. The van der Waals surface area contributed by atoms with Gasteiger partial charge in [-0.1, -0.05) is 23.5 Å². The first-order chi connectivity index (χ1) is 14.0. The van der Waals surface area contributed by atoms with Crippen molar-refractivity contribution in [3.8, 4) is 11.5 Å². The Morgan fingerprint density at radius 2 is 2.07 bits per heavy atom. The molecule has 2 amide bonds. The molecule has 8 heteroatoms. The molecule has 0 aliphatic carbocycles. The second-order valence-electron chi connectivity index (χ2n) is 6.87. The van der Waals surface area contributed by atoms with E-state index in [1.807, 2.05) is 25.1 Å². The van der Waals surface area contributed by atoms with Gasteiger partial charge in [0.15, 0.2) is 5.13 Å². The zero-order valence-corrected chi connectivity index (χ0v) is 17.2. The Labute approximate surface area is 172 Å². The lowest BCUT2D eigenvalue weighted by Gasteiger charge is -2.20. The van der Waals surface area contributed by atoms with Crippen LogP contribution in [0.15, 0.2) is 36.4 Å². The van der Waals surface area contributed by atoms with Gasteiger partial charge in [0.2, 0.25) is 11.8 Å². The van der Waals surface area contributed by atoms with Crippen LogP contribution in [-0.2, 0) is 9.59 Å². The predicted octanol–water partition coefficient (Wildman–Crippen LogP) is 3.61. The molecule has 0 bridgehead atoms. The number of aryl methyl sites for hydroxylation is 1. The van der Waals surface area contributed by atoms with Crippen molar-refractivity contribution < 1.29 is 19.1 Å². The summed E-state index contributed by atoms with van der Waals surface area (Å²) >= 11 is 1.43. The molecule has 7 nitrogen and oxygen atoms in total. The normalized spacial score (nSPS) is 16.3. The number of nitrogens with one attached hydrogen (secondary N) is 1. The number of para-hydroxylation sites is 1. The van der Waals surface area contributed by atoms with Crippen molar-refractivity contribution in [2.24, 2.45) is 5.92 Å². The average Bonchev–Trinajstić information content (AvgIpc) is 3.31. The van der Waals surface area contributed by atoms with Gasteiger partial charge in [-0.2, -0.15) is 0 Å². The number of fused-ring (bicyclic) bond motifs is 1. The van der Waals surface area contributed by atoms with Gasteiger partial charge < -0.3 is 19.7 Å². The molecular formula is C21H21N3O4S. The third-order valence-electron chi connectivity index (χ3n) is 5.02. The van der Waals surface area contributed by atoms with Gasteiger partial charge in [-0.3, -0.25) is 9.59 Å². The topological polar surface area (TPSA) is 80.8 Å². The second-order valence-corrected chi connectivity index (χ2v) is 7.90. The molecule has 1 aromatic heterocycles. The number of aromatic nitrogens is 1. The van der Waals surface area contributed by atoms with Crippen LogP contribution >= 0.6 is 11.3 Å². The zero-order valence-electron chi connectivity index (χ0n) is 16.4. The van der Waals surface area contributed by atoms with Crippen LogP contribution in [0.4, 0.5) is 10.8 Å². The van der Waals surface area contributed by atoms with Gasteiger partial charge in [0.05, 0.1) is 36.0 Å². The van der Waals surface area contributed by atoms with E-state index in [-0.39, 0.29) is 24.8 Å². The Hall–Kier alpha value is -3.13. The van der Waals surface area contributed by atoms with Crippen molar-refractivity contribution >= 4 is 44.2 Å². The summed E-state index contributed by atoms with van der Waals surface area (Å²) in [5.74, 6) is 0.371. The molecular weight excluding hydrogens is 390 g/mol. The summed E-state index contributed by atoms with van der Waals surface area (Å²) in [6.45, 7) is 2.26. The van der Waals surface area contributed by atoms with Gasteiger partial charge in [0, 0.05) is 19.0 Å².